The summed E-state index contributed by atoms with van der Waals surface area (Å²) in [6.45, 7) is 3.16. The lowest BCUT2D eigenvalue weighted by Crippen LogP contribution is -2.42. The van der Waals surface area contributed by atoms with E-state index in [0.717, 1.165) is 32.4 Å². The van der Waals surface area contributed by atoms with Crippen molar-refractivity contribution in [1.82, 2.24) is 14.7 Å². The normalized spacial score (nSPS) is 16.0. The summed E-state index contributed by atoms with van der Waals surface area (Å²) >= 11 is 0. The molecule has 0 N–H and O–H groups in total. The number of carbonyl (C=O) groups is 1. The van der Waals surface area contributed by atoms with Crippen LogP contribution >= 0.6 is 0 Å². The first-order valence-electron chi connectivity index (χ1n) is 8.21. The Balaban J connectivity index is 1.89. The molecule has 0 saturated carbocycles. The van der Waals surface area contributed by atoms with Crippen molar-refractivity contribution in [3.05, 3.63) is 52.6 Å². The van der Waals surface area contributed by atoms with Gasteiger partial charge >= 0.3 is 0 Å². The number of halogens is 1. The molecule has 0 bridgehead atoms. The van der Waals surface area contributed by atoms with Crippen LogP contribution < -0.4 is 5.56 Å². The molecule has 0 spiro atoms. The number of likely N-dealkylation sites (tertiary alicyclic amines) is 1. The van der Waals surface area contributed by atoms with Gasteiger partial charge in [-0.1, -0.05) is 0 Å². The van der Waals surface area contributed by atoms with Gasteiger partial charge in [0.1, 0.15) is 11.9 Å². The molecule has 126 valence electrons. The molecule has 5 nitrogen and oxygen atoms in total. The van der Waals surface area contributed by atoms with Crippen LogP contribution in [0.15, 0.2) is 41.2 Å². The summed E-state index contributed by atoms with van der Waals surface area (Å²) < 4.78 is 14.3. The molecule has 1 aromatic heterocycles. The van der Waals surface area contributed by atoms with Crippen LogP contribution in [0.1, 0.15) is 32.2 Å². The van der Waals surface area contributed by atoms with E-state index >= 15 is 0 Å². The van der Waals surface area contributed by atoms with Crippen LogP contribution in [0.25, 0.3) is 11.3 Å². The summed E-state index contributed by atoms with van der Waals surface area (Å²) in [6.07, 6.45) is 3.13. The minimum atomic E-state index is -0.656. The van der Waals surface area contributed by atoms with E-state index in [1.54, 1.807) is 30.0 Å². The maximum atomic E-state index is 13.1. The van der Waals surface area contributed by atoms with Crippen molar-refractivity contribution in [2.75, 3.05) is 13.1 Å². The third-order valence-corrected chi connectivity index (χ3v) is 4.36. The number of rotatable bonds is 3. The second kappa shape index (κ2) is 6.95. The number of amides is 1. The van der Waals surface area contributed by atoms with Crippen LogP contribution in [0.2, 0.25) is 0 Å². The van der Waals surface area contributed by atoms with Gasteiger partial charge in [0, 0.05) is 24.7 Å². The Labute approximate surface area is 139 Å². The third kappa shape index (κ3) is 3.37. The first-order chi connectivity index (χ1) is 11.6. The van der Waals surface area contributed by atoms with Crippen LogP contribution in [0.3, 0.4) is 0 Å². The van der Waals surface area contributed by atoms with Gasteiger partial charge in [0.25, 0.3) is 5.56 Å². The monoisotopic (exact) mass is 329 g/mol. The summed E-state index contributed by atoms with van der Waals surface area (Å²) in [6, 6.07) is 8.21. The number of hydrogen-bond acceptors (Lipinski definition) is 3. The van der Waals surface area contributed by atoms with Gasteiger partial charge in [-0.2, -0.15) is 5.10 Å². The predicted octanol–water partition coefficient (Wildman–Crippen LogP) is 2.62. The molecule has 1 aromatic carbocycles. The van der Waals surface area contributed by atoms with Gasteiger partial charge < -0.3 is 4.90 Å². The summed E-state index contributed by atoms with van der Waals surface area (Å²) in [5.41, 5.74) is 0.911. The van der Waals surface area contributed by atoms with Crippen LogP contribution in [-0.4, -0.2) is 33.7 Å². The highest BCUT2D eigenvalue weighted by atomic mass is 19.1. The van der Waals surface area contributed by atoms with Gasteiger partial charge in [-0.25, -0.2) is 9.07 Å². The second-order valence-electron chi connectivity index (χ2n) is 6.07. The molecule has 2 heterocycles. The van der Waals surface area contributed by atoms with Gasteiger partial charge in [0.05, 0.1) is 5.69 Å². The molecule has 1 unspecified atom stereocenters. The molecule has 1 amide bonds. The maximum Gasteiger partial charge on any atom is 0.267 e. The number of carbonyl (C=O) groups excluding carboxylic acids is 1. The van der Waals surface area contributed by atoms with Gasteiger partial charge in [0.2, 0.25) is 5.91 Å². The minimum Gasteiger partial charge on any atom is -0.341 e. The quantitative estimate of drug-likeness (QED) is 0.870. The number of aromatic nitrogens is 2. The van der Waals surface area contributed by atoms with Gasteiger partial charge in [-0.3, -0.25) is 9.59 Å². The fraction of sp³-hybridized carbons (Fsp3) is 0.389. The molecule has 1 atom stereocenters. The zero-order valence-electron chi connectivity index (χ0n) is 13.6. The standard InChI is InChI=1S/C18H20FN3O2/c1-13(18(24)21-11-3-2-4-12-21)22-17(23)10-9-16(20-22)14-5-7-15(19)8-6-14/h5-10,13H,2-4,11-12H2,1H3. The van der Waals surface area contributed by atoms with Gasteiger partial charge in [0.15, 0.2) is 0 Å². The fourth-order valence-electron chi connectivity index (χ4n) is 2.96. The minimum absolute atomic E-state index is 0.0828. The molecule has 24 heavy (non-hydrogen) atoms. The number of benzene rings is 1. The molecule has 6 heteroatoms. The van der Waals surface area contributed by atoms with Crippen molar-refractivity contribution >= 4 is 5.91 Å². The van der Waals surface area contributed by atoms with E-state index in [0.29, 0.717) is 11.3 Å². The summed E-state index contributed by atoms with van der Waals surface area (Å²) in [5.74, 6) is -0.415. The van der Waals surface area contributed by atoms with Crippen molar-refractivity contribution in [2.45, 2.75) is 32.2 Å². The van der Waals surface area contributed by atoms with E-state index in [2.05, 4.69) is 5.10 Å². The lowest BCUT2D eigenvalue weighted by Gasteiger charge is -2.29. The highest BCUT2D eigenvalue weighted by Crippen LogP contribution is 2.18. The predicted molar refractivity (Wildman–Crippen MR) is 89.0 cm³/mol. The highest BCUT2D eigenvalue weighted by Gasteiger charge is 2.25. The average molecular weight is 329 g/mol. The van der Waals surface area contributed by atoms with Crippen LogP contribution in [0.4, 0.5) is 4.39 Å². The van der Waals surface area contributed by atoms with Crippen molar-refractivity contribution < 1.29 is 9.18 Å². The zero-order valence-corrected chi connectivity index (χ0v) is 13.6. The maximum absolute atomic E-state index is 13.1. The Hall–Kier alpha value is -2.50. The summed E-state index contributed by atoms with van der Waals surface area (Å²) in [7, 11) is 0. The number of nitrogens with zero attached hydrogens (tertiary/aromatic N) is 3. The molecule has 3 rings (SSSR count). The Morgan fingerprint density at radius 1 is 1.08 bits per heavy atom. The van der Waals surface area contributed by atoms with Gasteiger partial charge in [-0.05, 0) is 56.5 Å². The number of piperidine rings is 1. The molecule has 1 fully saturated rings. The molecule has 2 aromatic rings. The molecule has 1 aliphatic heterocycles. The van der Waals surface area contributed by atoms with E-state index in [4.69, 9.17) is 0 Å². The van der Waals surface area contributed by atoms with Crippen molar-refractivity contribution in [2.24, 2.45) is 0 Å². The van der Waals surface area contributed by atoms with E-state index in [-0.39, 0.29) is 17.3 Å². The largest absolute Gasteiger partial charge is 0.341 e. The zero-order chi connectivity index (χ0) is 17.1. The topological polar surface area (TPSA) is 55.2 Å². The van der Waals surface area contributed by atoms with Crippen molar-refractivity contribution in [1.29, 1.82) is 0 Å². The van der Waals surface area contributed by atoms with Crippen LogP contribution in [0, 0.1) is 5.82 Å². The first-order valence-corrected chi connectivity index (χ1v) is 8.21. The summed E-state index contributed by atoms with van der Waals surface area (Å²) in [4.78, 5) is 26.6. The van der Waals surface area contributed by atoms with Crippen molar-refractivity contribution in [3.8, 4) is 11.3 Å². The molecular formula is C18H20FN3O2. The fourth-order valence-corrected chi connectivity index (χ4v) is 2.96. The highest BCUT2D eigenvalue weighted by molar-refractivity contribution is 5.80. The lowest BCUT2D eigenvalue weighted by atomic mass is 10.1. The summed E-state index contributed by atoms with van der Waals surface area (Å²) in [5, 5.41) is 4.32. The Kier molecular flexibility index (Phi) is 4.74. The molecule has 1 aliphatic rings. The van der Waals surface area contributed by atoms with E-state index < -0.39 is 6.04 Å². The Morgan fingerprint density at radius 3 is 2.42 bits per heavy atom. The first kappa shape index (κ1) is 16.4. The van der Waals surface area contributed by atoms with Crippen molar-refractivity contribution in [3.63, 3.8) is 0 Å². The van der Waals surface area contributed by atoms with Crippen LogP contribution in [0.5, 0.6) is 0 Å². The number of hydrogen-bond donors (Lipinski definition) is 0. The SMILES string of the molecule is CC(C(=O)N1CCCCC1)n1nc(-c2ccc(F)cc2)ccc1=O. The molecular weight excluding hydrogens is 309 g/mol. The Bertz CT molecular complexity index is 780. The third-order valence-electron chi connectivity index (χ3n) is 4.36. The smallest absolute Gasteiger partial charge is 0.267 e. The molecule has 0 radical (unpaired) electrons. The molecule has 1 saturated heterocycles. The lowest BCUT2D eigenvalue weighted by molar-refractivity contribution is -0.135. The van der Waals surface area contributed by atoms with E-state index in [1.165, 1.54) is 22.9 Å². The second-order valence-corrected chi connectivity index (χ2v) is 6.07. The van der Waals surface area contributed by atoms with Crippen LogP contribution in [-0.2, 0) is 4.79 Å². The Morgan fingerprint density at radius 2 is 1.75 bits per heavy atom. The van der Waals surface area contributed by atoms with E-state index in [1.807, 2.05) is 0 Å². The van der Waals surface area contributed by atoms with E-state index in [9.17, 15) is 14.0 Å². The average Bonchev–Trinajstić information content (AvgIpc) is 2.62. The van der Waals surface area contributed by atoms with Gasteiger partial charge in [-0.15, -0.1) is 0 Å². The molecule has 0 aliphatic carbocycles.